The van der Waals surface area contributed by atoms with Crippen molar-refractivity contribution in [2.75, 3.05) is 0 Å². The first-order valence-corrected chi connectivity index (χ1v) is 22.4. The summed E-state index contributed by atoms with van der Waals surface area (Å²) in [6.45, 7) is 0. The van der Waals surface area contributed by atoms with Crippen LogP contribution in [0.1, 0.15) is 0 Å². The van der Waals surface area contributed by atoms with Crippen molar-refractivity contribution >= 4 is 104 Å². The van der Waals surface area contributed by atoms with E-state index < -0.39 is 45.2 Å². The predicted octanol–water partition coefficient (Wildman–Crippen LogP) is 0.603. The molecular formula is C33H21InN3P3. The van der Waals surface area contributed by atoms with Crippen LogP contribution in [0.3, 0.4) is 0 Å². The number of benzene rings is 3. The molecule has 0 unspecified atom stereocenters. The fraction of sp³-hybridized carbons (Fsp3) is 0. The maximum atomic E-state index is 5.51. The molecule has 0 saturated heterocycles. The van der Waals surface area contributed by atoms with E-state index in [1.54, 1.807) is 9.96 Å². The zero-order valence-corrected chi connectivity index (χ0v) is 27.4. The average Bonchev–Trinajstić information content (AvgIpc) is 3.00. The topological polar surface area (TPSA) is 38.7 Å². The van der Waals surface area contributed by atoms with Gasteiger partial charge >= 0.3 is 246 Å². The monoisotopic (exact) mass is 667 g/mol. The first-order chi connectivity index (χ1) is 19.8. The van der Waals surface area contributed by atoms with E-state index in [1.165, 1.54) is 15.9 Å². The molecule has 3 aromatic carbocycles. The summed E-state index contributed by atoms with van der Waals surface area (Å²) in [5.74, 6) is 0. The Kier molecular flexibility index (Phi) is 5.62. The van der Waals surface area contributed by atoms with Gasteiger partial charge in [0, 0.05) is 0 Å². The number of hydrogen-bond donors (Lipinski definition) is 0. The molecule has 0 saturated carbocycles. The fourth-order valence-corrected chi connectivity index (χ4v) is 27.9. The van der Waals surface area contributed by atoms with Crippen molar-refractivity contribution in [1.29, 1.82) is 0 Å². The molecule has 0 N–H and O–H groups in total. The minimum absolute atomic E-state index is 0.914. The summed E-state index contributed by atoms with van der Waals surface area (Å²) >= 11 is -2.97. The van der Waals surface area contributed by atoms with Crippen molar-refractivity contribution in [3.63, 3.8) is 0 Å². The molecule has 3 aromatic heterocycles. The van der Waals surface area contributed by atoms with E-state index in [0.29, 0.717) is 0 Å². The second-order valence-corrected chi connectivity index (χ2v) is 24.2. The van der Waals surface area contributed by atoms with E-state index >= 15 is 0 Å². The third kappa shape index (κ3) is 3.53. The van der Waals surface area contributed by atoms with Gasteiger partial charge in [-0.05, 0) is 0 Å². The predicted molar refractivity (Wildman–Crippen MR) is 174 cm³/mol. The Bertz CT molecular complexity index is 1700. The van der Waals surface area contributed by atoms with Gasteiger partial charge in [-0.2, -0.15) is 0 Å². The van der Waals surface area contributed by atoms with Gasteiger partial charge in [0.1, 0.15) is 0 Å². The van der Waals surface area contributed by atoms with E-state index in [1.807, 2.05) is 0 Å². The van der Waals surface area contributed by atoms with E-state index in [9.17, 15) is 0 Å². The van der Waals surface area contributed by atoms with Crippen LogP contribution in [-0.2, 0) is 0 Å². The summed E-state index contributed by atoms with van der Waals surface area (Å²) in [6.07, 6.45) is 0. The number of rotatable bonds is 0. The Morgan fingerprint density at radius 2 is 0.600 bits per heavy atom. The van der Waals surface area contributed by atoms with Crippen molar-refractivity contribution in [1.82, 2.24) is 15.0 Å². The number of fused-ring (bicyclic) bond motifs is 12. The molecule has 3 aliphatic heterocycles. The Balaban J connectivity index is 1.58. The van der Waals surface area contributed by atoms with Crippen LogP contribution in [0.25, 0.3) is 0 Å². The van der Waals surface area contributed by atoms with Gasteiger partial charge < -0.3 is 0 Å². The van der Waals surface area contributed by atoms with Crippen LogP contribution in [0.2, 0.25) is 0 Å². The van der Waals surface area contributed by atoms with E-state index in [0.717, 1.165) is 32.6 Å². The molecule has 0 atom stereocenters. The van der Waals surface area contributed by atoms with Crippen molar-refractivity contribution in [3.05, 3.63) is 127 Å². The van der Waals surface area contributed by atoms with Crippen LogP contribution < -0.4 is 58.5 Å². The molecule has 6 heterocycles. The molecule has 0 fully saturated rings. The molecule has 0 amide bonds. The van der Waals surface area contributed by atoms with E-state index in [2.05, 4.69) is 127 Å². The SMILES string of the molecule is c1cc2nc(c1)P1c3cccc(n3)P3c4cccc(n4)P2c2cccc[c]2[In]([c]2ccccc21)[c]1ccccc13. The molecule has 186 valence electrons. The van der Waals surface area contributed by atoms with Gasteiger partial charge in [-0.25, -0.2) is 0 Å². The second kappa shape index (κ2) is 9.40. The molecule has 6 aromatic rings. The van der Waals surface area contributed by atoms with Crippen LogP contribution >= 0.6 is 23.8 Å². The van der Waals surface area contributed by atoms with Gasteiger partial charge in [0.2, 0.25) is 0 Å². The molecule has 0 spiro atoms. The molecule has 10 bridgehead atoms. The number of pyridine rings is 3. The van der Waals surface area contributed by atoms with Gasteiger partial charge in [-0.15, -0.1) is 0 Å². The molecule has 3 nitrogen and oxygen atoms in total. The summed E-state index contributed by atoms with van der Waals surface area (Å²) in [5, 5.41) is 4.30. The molecule has 40 heavy (non-hydrogen) atoms. The Morgan fingerprint density at radius 1 is 0.325 bits per heavy atom. The van der Waals surface area contributed by atoms with Gasteiger partial charge in [-0.1, -0.05) is 0 Å². The minimum atomic E-state index is -2.97. The molecule has 0 radical (unpaired) electrons. The Hall–Kier alpha value is -2.73. The molecular weight excluding hydrogens is 646 g/mol. The summed E-state index contributed by atoms with van der Waals surface area (Å²) in [7, 11) is -2.74. The van der Waals surface area contributed by atoms with Gasteiger partial charge in [0.15, 0.2) is 0 Å². The van der Waals surface area contributed by atoms with E-state index in [4.69, 9.17) is 15.0 Å². The molecule has 9 rings (SSSR count). The fourth-order valence-electron chi connectivity index (χ4n) is 6.38. The first-order valence-electron chi connectivity index (χ1n) is 13.4. The van der Waals surface area contributed by atoms with Crippen LogP contribution in [0, 0.1) is 0 Å². The second-order valence-electron chi connectivity index (χ2n) is 10.2. The zero-order valence-electron chi connectivity index (χ0n) is 21.4. The van der Waals surface area contributed by atoms with Crippen LogP contribution in [-0.4, -0.2) is 36.4 Å². The van der Waals surface area contributed by atoms with Crippen LogP contribution in [0.4, 0.5) is 0 Å². The van der Waals surface area contributed by atoms with E-state index in [-0.39, 0.29) is 0 Å². The number of aromatic nitrogens is 3. The summed E-state index contributed by atoms with van der Waals surface area (Å²) in [5.41, 5.74) is 6.90. The maximum absolute atomic E-state index is 5.51. The normalized spacial score (nSPS) is 19.2. The molecule has 0 aliphatic carbocycles. The van der Waals surface area contributed by atoms with Gasteiger partial charge in [0.25, 0.3) is 0 Å². The van der Waals surface area contributed by atoms with Gasteiger partial charge in [-0.3, -0.25) is 0 Å². The van der Waals surface area contributed by atoms with Crippen LogP contribution in [0.5, 0.6) is 0 Å². The van der Waals surface area contributed by atoms with Crippen molar-refractivity contribution in [2.45, 2.75) is 0 Å². The summed E-state index contributed by atoms with van der Waals surface area (Å²) in [6, 6.07) is 48.0. The average molecular weight is 667 g/mol. The molecule has 3 aliphatic rings. The van der Waals surface area contributed by atoms with Crippen LogP contribution in [0.15, 0.2) is 127 Å². The Labute approximate surface area is 244 Å². The third-order valence-electron chi connectivity index (χ3n) is 8.00. The number of nitrogens with zero attached hydrogens (tertiary/aromatic N) is 3. The van der Waals surface area contributed by atoms with Gasteiger partial charge in [0.05, 0.1) is 0 Å². The standard InChI is InChI=1S/C33H21N3P3.In/c1-4-13-25(14-5-1)37-28-19-10-21-30(34-28)38(26-15-6-2-7-16-26)32-23-12-24-33(36-32)39(27-17-8-3-9-18-27)31-22-11-20-29(37)35-31;/h1-13,15,17,19-24H;. The zero-order chi connectivity index (χ0) is 26.2. The Morgan fingerprint density at radius 3 is 0.900 bits per heavy atom. The molecule has 7 heteroatoms. The van der Waals surface area contributed by atoms with Crippen molar-refractivity contribution < 1.29 is 0 Å². The van der Waals surface area contributed by atoms with Crippen molar-refractivity contribution in [2.24, 2.45) is 0 Å². The quantitative estimate of drug-likeness (QED) is 0.223. The van der Waals surface area contributed by atoms with Crippen molar-refractivity contribution in [3.8, 4) is 0 Å². The summed E-state index contributed by atoms with van der Waals surface area (Å²) in [4.78, 5) is 16.5. The third-order valence-corrected chi connectivity index (χ3v) is 26.6. The first kappa shape index (κ1) is 23.9. The summed E-state index contributed by atoms with van der Waals surface area (Å²) < 4.78 is 4.71. The number of hydrogen-bond acceptors (Lipinski definition) is 3.